The normalized spacial score (nSPS) is 25.1. The fraction of sp³-hybridized carbons (Fsp3) is 0.529. The molecule has 1 aromatic rings. The van der Waals surface area contributed by atoms with Crippen molar-refractivity contribution in [3.8, 4) is 0 Å². The average molecular weight is 318 g/mol. The first-order chi connectivity index (χ1) is 10.7. The van der Waals surface area contributed by atoms with E-state index in [0.29, 0.717) is 18.8 Å². The van der Waals surface area contributed by atoms with Crippen molar-refractivity contribution >= 4 is 23.6 Å². The van der Waals surface area contributed by atoms with Gasteiger partial charge in [0.1, 0.15) is 6.04 Å². The minimum atomic E-state index is -0.284. The standard InChI is InChI=1S/C17H22N2O2S/c20-16-9-8-15(18-16)17(21)19-10-4-5-13(11-19)12-22-14-6-2-1-3-7-14/h1-3,6-7,13,15H,4-5,8-12H2,(H,18,20). The van der Waals surface area contributed by atoms with E-state index in [9.17, 15) is 9.59 Å². The molecular weight excluding hydrogens is 296 g/mol. The average Bonchev–Trinajstić information content (AvgIpc) is 3.00. The summed E-state index contributed by atoms with van der Waals surface area (Å²) in [6.07, 6.45) is 3.38. The number of hydrogen-bond acceptors (Lipinski definition) is 3. The molecule has 118 valence electrons. The van der Waals surface area contributed by atoms with Gasteiger partial charge in [-0.05, 0) is 37.3 Å². The third-order valence-electron chi connectivity index (χ3n) is 4.35. The van der Waals surface area contributed by atoms with Gasteiger partial charge < -0.3 is 10.2 Å². The van der Waals surface area contributed by atoms with Crippen LogP contribution in [0.3, 0.4) is 0 Å². The zero-order chi connectivity index (χ0) is 15.4. The van der Waals surface area contributed by atoms with Crippen LogP contribution in [0.1, 0.15) is 25.7 Å². The highest BCUT2D eigenvalue weighted by molar-refractivity contribution is 7.99. The molecule has 22 heavy (non-hydrogen) atoms. The van der Waals surface area contributed by atoms with Gasteiger partial charge in [0, 0.05) is 30.2 Å². The summed E-state index contributed by atoms with van der Waals surface area (Å²) in [5.74, 6) is 1.71. The fourth-order valence-electron chi connectivity index (χ4n) is 3.15. The van der Waals surface area contributed by atoms with Gasteiger partial charge in [0.15, 0.2) is 0 Å². The number of nitrogens with zero attached hydrogens (tertiary/aromatic N) is 1. The number of carbonyl (C=O) groups is 2. The minimum absolute atomic E-state index is 0.00606. The van der Waals surface area contributed by atoms with Crippen molar-refractivity contribution in [3.05, 3.63) is 30.3 Å². The molecule has 2 amide bonds. The lowest BCUT2D eigenvalue weighted by molar-refractivity contribution is -0.135. The summed E-state index contributed by atoms with van der Waals surface area (Å²) >= 11 is 1.87. The fourth-order valence-corrected chi connectivity index (χ4v) is 4.20. The lowest BCUT2D eigenvalue weighted by Crippen LogP contribution is -2.48. The van der Waals surface area contributed by atoms with Crippen LogP contribution < -0.4 is 5.32 Å². The van der Waals surface area contributed by atoms with Crippen LogP contribution in [0, 0.1) is 5.92 Å². The third-order valence-corrected chi connectivity index (χ3v) is 5.60. The second-order valence-electron chi connectivity index (χ2n) is 6.08. The number of amides is 2. The molecule has 2 unspecified atom stereocenters. The largest absolute Gasteiger partial charge is 0.344 e. The topological polar surface area (TPSA) is 49.4 Å². The summed E-state index contributed by atoms with van der Waals surface area (Å²) in [6.45, 7) is 1.66. The first-order valence-corrected chi connectivity index (χ1v) is 8.97. The molecule has 3 rings (SSSR count). The molecule has 4 nitrogen and oxygen atoms in total. The Labute approximate surface area is 135 Å². The highest BCUT2D eigenvalue weighted by Gasteiger charge is 2.33. The summed E-state index contributed by atoms with van der Waals surface area (Å²) in [6, 6.07) is 10.1. The van der Waals surface area contributed by atoms with E-state index in [4.69, 9.17) is 0 Å². The van der Waals surface area contributed by atoms with Crippen molar-refractivity contribution in [2.24, 2.45) is 5.92 Å². The Morgan fingerprint density at radius 3 is 2.82 bits per heavy atom. The number of piperidine rings is 1. The van der Waals surface area contributed by atoms with Gasteiger partial charge in [-0.25, -0.2) is 0 Å². The quantitative estimate of drug-likeness (QED) is 0.867. The summed E-state index contributed by atoms with van der Waals surface area (Å²) in [5, 5.41) is 2.79. The second kappa shape index (κ2) is 7.18. The van der Waals surface area contributed by atoms with Crippen LogP contribution in [-0.4, -0.2) is 41.6 Å². The van der Waals surface area contributed by atoms with Crippen molar-refractivity contribution in [1.29, 1.82) is 0 Å². The second-order valence-corrected chi connectivity index (χ2v) is 7.17. The van der Waals surface area contributed by atoms with Crippen LogP contribution in [0.5, 0.6) is 0 Å². The number of thioether (sulfide) groups is 1. The van der Waals surface area contributed by atoms with Crippen LogP contribution in [0.4, 0.5) is 0 Å². The number of hydrogen-bond donors (Lipinski definition) is 1. The van der Waals surface area contributed by atoms with Gasteiger partial charge in [0.25, 0.3) is 0 Å². The maximum Gasteiger partial charge on any atom is 0.245 e. The molecule has 2 atom stereocenters. The smallest absolute Gasteiger partial charge is 0.245 e. The predicted octanol–water partition coefficient (Wildman–Crippen LogP) is 2.30. The van der Waals surface area contributed by atoms with Crippen molar-refractivity contribution < 1.29 is 9.59 Å². The molecule has 0 bridgehead atoms. The van der Waals surface area contributed by atoms with Crippen LogP contribution in [-0.2, 0) is 9.59 Å². The molecule has 2 fully saturated rings. The molecule has 0 saturated carbocycles. The first-order valence-electron chi connectivity index (χ1n) is 7.98. The van der Waals surface area contributed by atoms with E-state index >= 15 is 0 Å². The van der Waals surface area contributed by atoms with Crippen LogP contribution in [0.2, 0.25) is 0 Å². The highest BCUT2D eigenvalue weighted by atomic mass is 32.2. The van der Waals surface area contributed by atoms with E-state index in [2.05, 4.69) is 29.6 Å². The first kappa shape index (κ1) is 15.4. The lowest BCUT2D eigenvalue weighted by Gasteiger charge is -2.34. The van der Waals surface area contributed by atoms with E-state index in [1.165, 1.54) is 11.3 Å². The Morgan fingerprint density at radius 2 is 2.09 bits per heavy atom. The number of benzene rings is 1. The molecule has 2 aliphatic heterocycles. The van der Waals surface area contributed by atoms with Crippen LogP contribution in [0.25, 0.3) is 0 Å². The summed E-state index contributed by atoms with van der Waals surface area (Å²) in [7, 11) is 0. The Balaban J connectivity index is 1.51. The van der Waals surface area contributed by atoms with Crippen molar-refractivity contribution in [3.63, 3.8) is 0 Å². The Morgan fingerprint density at radius 1 is 1.27 bits per heavy atom. The van der Waals surface area contributed by atoms with Gasteiger partial charge in [-0.2, -0.15) is 0 Å². The van der Waals surface area contributed by atoms with Crippen molar-refractivity contribution in [2.75, 3.05) is 18.8 Å². The molecule has 1 aromatic carbocycles. The van der Waals surface area contributed by atoms with Gasteiger partial charge in [-0.15, -0.1) is 11.8 Å². The van der Waals surface area contributed by atoms with Gasteiger partial charge in [0.05, 0.1) is 0 Å². The molecule has 0 spiro atoms. The summed E-state index contributed by atoms with van der Waals surface area (Å²) in [5.41, 5.74) is 0. The van der Waals surface area contributed by atoms with E-state index in [1.54, 1.807) is 0 Å². The molecule has 1 N–H and O–H groups in total. The van der Waals surface area contributed by atoms with Gasteiger partial charge in [0.2, 0.25) is 11.8 Å². The molecule has 0 radical (unpaired) electrons. The Bertz CT molecular complexity index is 535. The number of nitrogens with one attached hydrogen (secondary N) is 1. The van der Waals surface area contributed by atoms with Gasteiger partial charge in [-0.1, -0.05) is 18.2 Å². The number of carbonyl (C=O) groups excluding carboxylic acids is 2. The zero-order valence-electron chi connectivity index (χ0n) is 12.7. The maximum atomic E-state index is 12.5. The third kappa shape index (κ3) is 3.83. The molecule has 2 saturated heterocycles. The van der Waals surface area contributed by atoms with Crippen molar-refractivity contribution in [2.45, 2.75) is 36.6 Å². The van der Waals surface area contributed by atoms with E-state index < -0.39 is 0 Å². The minimum Gasteiger partial charge on any atom is -0.344 e. The van der Waals surface area contributed by atoms with Gasteiger partial charge >= 0.3 is 0 Å². The molecule has 0 aromatic heterocycles. The van der Waals surface area contributed by atoms with E-state index in [-0.39, 0.29) is 17.9 Å². The van der Waals surface area contributed by atoms with Crippen molar-refractivity contribution in [1.82, 2.24) is 10.2 Å². The van der Waals surface area contributed by atoms with Gasteiger partial charge in [-0.3, -0.25) is 9.59 Å². The maximum absolute atomic E-state index is 12.5. The SMILES string of the molecule is O=C1CCC(C(=O)N2CCCC(CSc3ccccc3)C2)N1. The molecule has 5 heteroatoms. The Hall–Kier alpha value is -1.49. The highest BCUT2D eigenvalue weighted by Crippen LogP contribution is 2.26. The molecule has 0 aliphatic carbocycles. The zero-order valence-corrected chi connectivity index (χ0v) is 13.5. The summed E-state index contributed by atoms with van der Waals surface area (Å²) in [4.78, 5) is 27.0. The number of likely N-dealkylation sites (tertiary alicyclic amines) is 1. The Kier molecular flexibility index (Phi) is 5.03. The lowest BCUT2D eigenvalue weighted by atomic mass is 9.99. The molecular formula is C17H22N2O2S. The molecule has 2 heterocycles. The summed E-state index contributed by atoms with van der Waals surface area (Å²) < 4.78 is 0. The predicted molar refractivity (Wildman–Crippen MR) is 87.6 cm³/mol. The number of rotatable bonds is 4. The van der Waals surface area contributed by atoms with Crippen LogP contribution in [0.15, 0.2) is 35.2 Å². The van der Waals surface area contributed by atoms with E-state index in [1.807, 2.05) is 22.7 Å². The molecule has 2 aliphatic rings. The van der Waals surface area contributed by atoms with E-state index in [0.717, 1.165) is 25.3 Å². The van der Waals surface area contributed by atoms with Crippen LogP contribution >= 0.6 is 11.8 Å². The monoisotopic (exact) mass is 318 g/mol.